The third-order valence-electron chi connectivity index (χ3n) is 16.5. The molecule has 6 heteroatoms. The number of carbonyl (C=O) groups excluding carboxylic acids is 3. The summed E-state index contributed by atoms with van der Waals surface area (Å²) in [6, 6.07) is 0. The number of ether oxygens (including phenoxy) is 3. The van der Waals surface area contributed by atoms with E-state index in [0.717, 1.165) is 57.8 Å². The molecular formula is C72H138O6. The van der Waals surface area contributed by atoms with Gasteiger partial charge in [0.15, 0.2) is 6.10 Å². The number of allylic oxidation sites excluding steroid dienone is 2. The lowest BCUT2D eigenvalue weighted by Crippen LogP contribution is -2.30. The standard InChI is InChI=1S/C72H138O6/c1-4-7-10-13-16-19-22-24-26-28-30-31-32-33-34-35-36-37-38-39-40-42-43-45-47-50-53-56-59-62-65-71(74)77-68-69(67-76-70(73)64-61-58-55-52-49-21-18-15-12-9-6-3)78-72(75)66-63-60-57-54-51-48-46-44-41-29-27-25-23-20-17-14-11-8-5-2/h25,27,69H,4-24,26,28-68H2,1-3H3/b27-25-. The van der Waals surface area contributed by atoms with E-state index >= 15 is 0 Å². The van der Waals surface area contributed by atoms with Crippen LogP contribution in [-0.2, 0) is 28.6 Å². The van der Waals surface area contributed by atoms with Gasteiger partial charge in [0.25, 0.3) is 0 Å². The fourth-order valence-electron chi connectivity index (χ4n) is 11.2. The summed E-state index contributed by atoms with van der Waals surface area (Å²) in [6.07, 6.45) is 81.2. The molecule has 0 aliphatic rings. The monoisotopic (exact) mass is 1100 g/mol. The molecule has 1 atom stereocenters. The van der Waals surface area contributed by atoms with E-state index in [0.29, 0.717) is 19.3 Å². The van der Waals surface area contributed by atoms with E-state index in [1.165, 1.54) is 315 Å². The molecule has 0 aliphatic heterocycles. The lowest BCUT2D eigenvalue weighted by Gasteiger charge is -2.18. The molecule has 0 aromatic carbocycles. The van der Waals surface area contributed by atoms with Crippen molar-refractivity contribution in [3.8, 4) is 0 Å². The van der Waals surface area contributed by atoms with Crippen molar-refractivity contribution in [2.24, 2.45) is 0 Å². The van der Waals surface area contributed by atoms with Crippen LogP contribution >= 0.6 is 0 Å². The van der Waals surface area contributed by atoms with Gasteiger partial charge in [0.05, 0.1) is 0 Å². The molecule has 0 aliphatic carbocycles. The molecule has 0 saturated heterocycles. The first-order valence-electron chi connectivity index (χ1n) is 35.7. The molecule has 0 radical (unpaired) electrons. The van der Waals surface area contributed by atoms with Crippen LogP contribution in [0, 0.1) is 0 Å². The van der Waals surface area contributed by atoms with Gasteiger partial charge in [-0.2, -0.15) is 0 Å². The first-order valence-corrected chi connectivity index (χ1v) is 35.7. The van der Waals surface area contributed by atoms with Crippen molar-refractivity contribution in [2.45, 2.75) is 419 Å². The van der Waals surface area contributed by atoms with Crippen LogP contribution in [0.25, 0.3) is 0 Å². The zero-order valence-electron chi connectivity index (χ0n) is 53.2. The SMILES string of the molecule is CCCCCCCC/C=C\CCCCCCCCCCCC(=O)OC(COC(=O)CCCCCCCCCCCCC)COC(=O)CCCCCCCCCCCCCCCCCCCCCCCCCCCCCCCC. The lowest BCUT2D eigenvalue weighted by molar-refractivity contribution is -0.167. The third kappa shape index (κ3) is 65.0. The normalized spacial score (nSPS) is 12.0. The Balaban J connectivity index is 4.09. The summed E-state index contributed by atoms with van der Waals surface area (Å²) in [6.45, 7) is 6.71. The largest absolute Gasteiger partial charge is 0.462 e. The predicted octanol–water partition coefficient (Wildman–Crippen LogP) is 24.4. The lowest BCUT2D eigenvalue weighted by atomic mass is 10.0. The van der Waals surface area contributed by atoms with E-state index in [2.05, 4.69) is 32.9 Å². The van der Waals surface area contributed by atoms with Crippen molar-refractivity contribution < 1.29 is 28.6 Å². The fourth-order valence-corrected chi connectivity index (χ4v) is 11.2. The second-order valence-electron chi connectivity index (χ2n) is 24.5. The van der Waals surface area contributed by atoms with Crippen LogP contribution in [0.1, 0.15) is 412 Å². The van der Waals surface area contributed by atoms with Crippen LogP contribution in [0.5, 0.6) is 0 Å². The van der Waals surface area contributed by atoms with E-state index in [1.807, 2.05) is 0 Å². The van der Waals surface area contributed by atoms with Gasteiger partial charge in [-0.1, -0.05) is 360 Å². The van der Waals surface area contributed by atoms with Gasteiger partial charge in [-0.3, -0.25) is 14.4 Å². The summed E-state index contributed by atoms with van der Waals surface area (Å²) in [4.78, 5) is 38.3. The van der Waals surface area contributed by atoms with Gasteiger partial charge in [0.1, 0.15) is 13.2 Å². The summed E-state index contributed by atoms with van der Waals surface area (Å²) in [5, 5.41) is 0. The Kier molecular flexibility index (Phi) is 66.0. The molecule has 0 bridgehead atoms. The maximum atomic E-state index is 12.9. The van der Waals surface area contributed by atoms with E-state index in [4.69, 9.17) is 14.2 Å². The zero-order chi connectivity index (χ0) is 56.4. The predicted molar refractivity (Wildman–Crippen MR) is 340 cm³/mol. The molecule has 0 spiro atoms. The molecule has 0 N–H and O–H groups in total. The Morgan fingerprint density at radius 1 is 0.244 bits per heavy atom. The van der Waals surface area contributed by atoms with Crippen LogP contribution in [0.15, 0.2) is 12.2 Å². The molecule has 0 saturated carbocycles. The summed E-state index contributed by atoms with van der Waals surface area (Å²) in [7, 11) is 0. The minimum atomic E-state index is -0.767. The summed E-state index contributed by atoms with van der Waals surface area (Å²) < 4.78 is 17.0. The highest BCUT2D eigenvalue weighted by atomic mass is 16.6. The molecule has 78 heavy (non-hydrogen) atoms. The fraction of sp³-hybridized carbons (Fsp3) is 0.931. The number of hydrogen-bond donors (Lipinski definition) is 0. The topological polar surface area (TPSA) is 78.9 Å². The molecule has 0 amide bonds. The number of rotatable bonds is 67. The van der Waals surface area contributed by atoms with Crippen LogP contribution in [0.3, 0.4) is 0 Å². The highest BCUT2D eigenvalue weighted by Crippen LogP contribution is 2.19. The first-order chi connectivity index (χ1) is 38.5. The first kappa shape index (κ1) is 76.1. The van der Waals surface area contributed by atoms with E-state index in [1.54, 1.807) is 0 Å². The van der Waals surface area contributed by atoms with Crippen LogP contribution in [0.2, 0.25) is 0 Å². The second kappa shape index (κ2) is 67.7. The third-order valence-corrected chi connectivity index (χ3v) is 16.5. The van der Waals surface area contributed by atoms with Gasteiger partial charge >= 0.3 is 17.9 Å². The van der Waals surface area contributed by atoms with Crippen molar-refractivity contribution in [3.05, 3.63) is 12.2 Å². The number of esters is 3. The smallest absolute Gasteiger partial charge is 0.306 e. The highest BCUT2D eigenvalue weighted by molar-refractivity contribution is 5.71. The highest BCUT2D eigenvalue weighted by Gasteiger charge is 2.19. The minimum absolute atomic E-state index is 0.0641. The Bertz CT molecular complexity index is 1210. The maximum Gasteiger partial charge on any atom is 0.306 e. The summed E-state index contributed by atoms with van der Waals surface area (Å²) in [5.41, 5.74) is 0. The average Bonchev–Trinajstić information content (AvgIpc) is 3.44. The van der Waals surface area contributed by atoms with E-state index in [-0.39, 0.29) is 31.1 Å². The summed E-state index contributed by atoms with van der Waals surface area (Å²) >= 11 is 0. The van der Waals surface area contributed by atoms with Crippen molar-refractivity contribution in [1.82, 2.24) is 0 Å². The number of carbonyl (C=O) groups is 3. The molecule has 462 valence electrons. The zero-order valence-corrected chi connectivity index (χ0v) is 53.2. The Morgan fingerprint density at radius 2 is 0.423 bits per heavy atom. The molecule has 0 aromatic rings. The quantitative estimate of drug-likeness (QED) is 0.0261. The maximum absolute atomic E-state index is 12.9. The molecular weight excluding hydrogens is 961 g/mol. The Hall–Kier alpha value is -1.85. The van der Waals surface area contributed by atoms with Gasteiger partial charge in [0.2, 0.25) is 0 Å². The molecule has 0 aromatic heterocycles. The Labute approximate surface area is 488 Å². The molecule has 1 unspecified atom stereocenters. The molecule has 0 rings (SSSR count). The van der Waals surface area contributed by atoms with Crippen molar-refractivity contribution in [2.75, 3.05) is 13.2 Å². The van der Waals surface area contributed by atoms with Gasteiger partial charge < -0.3 is 14.2 Å². The molecule has 0 fully saturated rings. The minimum Gasteiger partial charge on any atom is -0.462 e. The van der Waals surface area contributed by atoms with Gasteiger partial charge in [-0.05, 0) is 44.9 Å². The molecule has 0 heterocycles. The van der Waals surface area contributed by atoms with Crippen molar-refractivity contribution in [1.29, 1.82) is 0 Å². The van der Waals surface area contributed by atoms with Gasteiger partial charge in [-0.25, -0.2) is 0 Å². The van der Waals surface area contributed by atoms with Crippen molar-refractivity contribution >= 4 is 17.9 Å². The average molecular weight is 1100 g/mol. The Morgan fingerprint density at radius 3 is 0.641 bits per heavy atom. The van der Waals surface area contributed by atoms with Gasteiger partial charge in [0, 0.05) is 19.3 Å². The van der Waals surface area contributed by atoms with E-state index < -0.39 is 6.10 Å². The van der Waals surface area contributed by atoms with E-state index in [9.17, 15) is 14.4 Å². The van der Waals surface area contributed by atoms with Crippen molar-refractivity contribution in [3.63, 3.8) is 0 Å². The van der Waals surface area contributed by atoms with Crippen LogP contribution in [-0.4, -0.2) is 37.2 Å². The number of hydrogen-bond acceptors (Lipinski definition) is 6. The van der Waals surface area contributed by atoms with Gasteiger partial charge in [-0.15, -0.1) is 0 Å². The van der Waals surface area contributed by atoms with Crippen LogP contribution in [0.4, 0.5) is 0 Å². The van der Waals surface area contributed by atoms with Crippen LogP contribution < -0.4 is 0 Å². The molecule has 6 nitrogen and oxygen atoms in total. The second-order valence-corrected chi connectivity index (χ2v) is 24.5. The summed E-state index contributed by atoms with van der Waals surface area (Å²) in [5.74, 6) is -0.834. The number of unbranched alkanes of at least 4 members (excludes halogenated alkanes) is 54.